The maximum absolute atomic E-state index is 12.4. The number of carbonyl (C=O) groups is 1. The molecule has 0 aliphatic heterocycles. The van der Waals surface area contributed by atoms with Crippen LogP contribution in [-0.2, 0) is 0 Å². The van der Waals surface area contributed by atoms with E-state index in [0.717, 1.165) is 17.1 Å². The van der Waals surface area contributed by atoms with Crippen LogP contribution in [0.3, 0.4) is 0 Å². The zero-order chi connectivity index (χ0) is 20.1. The molecule has 3 rings (SSSR count). The molecular weight excluding hydrogens is 350 g/mol. The lowest BCUT2D eigenvalue weighted by molar-refractivity contribution is 0.102. The average molecular weight is 375 g/mol. The second-order valence-corrected chi connectivity index (χ2v) is 7.08. The van der Waals surface area contributed by atoms with Crippen LogP contribution in [0.25, 0.3) is 0 Å². The van der Waals surface area contributed by atoms with Crippen LogP contribution in [0.5, 0.6) is 0 Å². The van der Waals surface area contributed by atoms with Crippen molar-refractivity contribution in [3.05, 3.63) is 72.2 Å². The van der Waals surface area contributed by atoms with E-state index < -0.39 is 0 Å². The summed E-state index contributed by atoms with van der Waals surface area (Å²) in [7, 11) is 3.99. The lowest BCUT2D eigenvalue weighted by Crippen LogP contribution is -2.14. The number of nitrogens with one attached hydrogen (secondary N) is 2. The third-order valence-corrected chi connectivity index (χ3v) is 4.38. The van der Waals surface area contributed by atoms with Gasteiger partial charge in [-0.15, -0.1) is 0 Å². The van der Waals surface area contributed by atoms with E-state index in [4.69, 9.17) is 0 Å². The summed E-state index contributed by atoms with van der Waals surface area (Å²) in [5.74, 6) is 0.747. The van der Waals surface area contributed by atoms with E-state index in [9.17, 15) is 4.79 Å². The first kappa shape index (κ1) is 19.4. The summed E-state index contributed by atoms with van der Waals surface area (Å²) in [6.45, 7) is 4.27. The molecule has 0 bridgehead atoms. The number of carbonyl (C=O) groups excluding carboxylic acids is 1. The zero-order valence-corrected chi connectivity index (χ0v) is 16.6. The Balaban J connectivity index is 1.62. The van der Waals surface area contributed by atoms with Crippen molar-refractivity contribution in [1.82, 2.24) is 9.97 Å². The van der Waals surface area contributed by atoms with E-state index in [0.29, 0.717) is 11.7 Å². The highest BCUT2D eigenvalue weighted by Gasteiger charge is 2.09. The van der Waals surface area contributed by atoms with Crippen molar-refractivity contribution in [1.29, 1.82) is 0 Å². The molecule has 0 spiro atoms. The fourth-order valence-electron chi connectivity index (χ4n) is 2.65. The van der Waals surface area contributed by atoms with Gasteiger partial charge in [0.1, 0.15) is 11.5 Å². The molecule has 0 aliphatic carbocycles. The van der Waals surface area contributed by atoms with Crippen LogP contribution in [0.4, 0.5) is 22.9 Å². The van der Waals surface area contributed by atoms with Crippen LogP contribution in [0.2, 0.25) is 0 Å². The van der Waals surface area contributed by atoms with Gasteiger partial charge in [-0.3, -0.25) is 4.79 Å². The number of amides is 1. The van der Waals surface area contributed by atoms with Gasteiger partial charge in [0.15, 0.2) is 0 Å². The Bertz CT molecular complexity index is 917. The fourth-order valence-corrected chi connectivity index (χ4v) is 2.65. The molecule has 0 radical (unpaired) electrons. The lowest BCUT2D eigenvalue weighted by Gasteiger charge is -2.13. The number of hydrogen-bond donors (Lipinski definition) is 2. The standard InChI is InChI=1S/C22H25N5O/c1-15(2)16-5-7-18(8-6-16)26-22(28)20-13-24-21(14-23-20)25-17-9-11-19(12-10-17)27(3)4/h5-15H,1-4H3,(H,24,25)(H,26,28). The van der Waals surface area contributed by atoms with Crippen LogP contribution < -0.4 is 15.5 Å². The van der Waals surface area contributed by atoms with Crippen molar-refractivity contribution in [3.63, 3.8) is 0 Å². The second-order valence-electron chi connectivity index (χ2n) is 7.08. The number of hydrogen-bond acceptors (Lipinski definition) is 5. The van der Waals surface area contributed by atoms with Gasteiger partial charge in [-0.25, -0.2) is 9.97 Å². The van der Waals surface area contributed by atoms with E-state index in [1.807, 2.05) is 67.5 Å². The molecule has 3 aromatic rings. The molecule has 1 aromatic heterocycles. The number of rotatable bonds is 6. The predicted octanol–water partition coefficient (Wildman–Crippen LogP) is 4.66. The van der Waals surface area contributed by atoms with Crippen molar-refractivity contribution in [3.8, 4) is 0 Å². The van der Waals surface area contributed by atoms with Gasteiger partial charge in [0.2, 0.25) is 0 Å². The lowest BCUT2D eigenvalue weighted by atomic mass is 10.0. The monoisotopic (exact) mass is 375 g/mol. The first-order valence-electron chi connectivity index (χ1n) is 9.20. The Morgan fingerprint density at radius 3 is 2.07 bits per heavy atom. The number of nitrogens with zero attached hydrogens (tertiary/aromatic N) is 3. The summed E-state index contributed by atoms with van der Waals surface area (Å²) in [4.78, 5) is 22.9. The van der Waals surface area contributed by atoms with Gasteiger partial charge in [0, 0.05) is 31.2 Å². The Morgan fingerprint density at radius 2 is 1.54 bits per heavy atom. The highest BCUT2D eigenvalue weighted by molar-refractivity contribution is 6.02. The molecule has 6 nitrogen and oxygen atoms in total. The maximum Gasteiger partial charge on any atom is 0.275 e. The van der Waals surface area contributed by atoms with Crippen LogP contribution in [0, 0.1) is 0 Å². The van der Waals surface area contributed by atoms with Crippen molar-refractivity contribution >= 4 is 28.8 Å². The Kier molecular flexibility index (Phi) is 5.89. The molecule has 0 saturated carbocycles. The highest BCUT2D eigenvalue weighted by atomic mass is 16.1. The summed E-state index contributed by atoms with van der Waals surface area (Å²) < 4.78 is 0. The van der Waals surface area contributed by atoms with Crippen molar-refractivity contribution < 1.29 is 4.79 Å². The van der Waals surface area contributed by atoms with E-state index in [2.05, 4.69) is 34.4 Å². The van der Waals surface area contributed by atoms with Crippen molar-refractivity contribution in [2.24, 2.45) is 0 Å². The Labute approximate surface area is 165 Å². The van der Waals surface area contributed by atoms with Gasteiger partial charge in [0.05, 0.1) is 12.4 Å². The minimum atomic E-state index is -0.285. The topological polar surface area (TPSA) is 70.2 Å². The van der Waals surface area contributed by atoms with Crippen molar-refractivity contribution in [2.75, 3.05) is 29.6 Å². The molecule has 2 N–H and O–H groups in total. The van der Waals surface area contributed by atoms with Crippen LogP contribution in [0.15, 0.2) is 60.9 Å². The molecule has 6 heteroatoms. The summed E-state index contributed by atoms with van der Waals surface area (Å²) in [6, 6.07) is 15.8. The highest BCUT2D eigenvalue weighted by Crippen LogP contribution is 2.19. The first-order valence-corrected chi connectivity index (χ1v) is 9.20. The Hall–Kier alpha value is -3.41. The number of aromatic nitrogens is 2. The van der Waals surface area contributed by atoms with E-state index in [-0.39, 0.29) is 11.6 Å². The molecule has 144 valence electrons. The normalized spacial score (nSPS) is 10.6. The van der Waals surface area contributed by atoms with Gasteiger partial charge in [0.25, 0.3) is 5.91 Å². The second kappa shape index (κ2) is 8.52. The molecule has 0 saturated heterocycles. The SMILES string of the molecule is CC(C)c1ccc(NC(=O)c2cnc(Nc3ccc(N(C)C)cc3)cn2)cc1. The minimum Gasteiger partial charge on any atom is -0.378 e. The first-order chi connectivity index (χ1) is 13.4. The molecule has 0 atom stereocenters. The third-order valence-electron chi connectivity index (χ3n) is 4.38. The summed E-state index contributed by atoms with van der Waals surface area (Å²) in [5, 5.41) is 6.02. The maximum atomic E-state index is 12.4. The summed E-state index contributed by atoms with van der Waals surface area (Å²) in [5.41, 5.74) is 4.25. The minimum absolute atomic E-state index is 0.265. The van der Waals surface area contributed by atoms with Crippen LogP contribution >= 0.6 is 0 Å². The average Bonchev–Trinajstić information content (AvgIpc) is 2.69. The molecule has 28 heavy (non-hydrogen) atoms. The number of anilines is 4. The van der Waals surface area contributed by atoms with Gasteiger partial charge < -0.3 is 15.5 Å². The van der Waals surface area contributed by atoms with Gasteiger partial charge in [-0.2, -0.15) is 0 Å². The van der Waals surface area contributed by atoms with Gasteiger partial charge in [-0.05, 0) is 47.9 Å². The molecule has 1 heterocycles. The smallest absolute Gasteiger partial charge is 0.275 e. The molecule has 0 fully saturated rings. The summed E-state index contributed by atoms with van der Waals surface area (Å²) >= 11 is 0. The van der Waals surface area contributed by atoms with Gasteiger partial charge in [-0.1, -0.05) is 26.0 Å². The van der Waals surface area contributed by atoms with E-state index in [1.54, 1.807) is 6.20 Å². The molecule has 0 unspecified atom stereocenters. The third kappa shape index (κ3) is 4.85. The summed E-state index contributed by atoms with van der Waals surface area (Å²) in [6.07, 6.45) is 3.02. The van der Waals surface area contributed by atoms with Crippen LogP contribution in [-0.4, -0.2) is 30.0 Å². The van der Waals surface area contributed by atoms with E-state index in [1.165, 1.54) is 11.8 Å². The molecule has 0 aliphatic rings. The largest absolute Gasteiger partial charge is 0.378 e. The quantitative estimate of drug-likeness (QED) is 0.656. The fraction of sp³-hybridized carbons (Fsp3) is 0.227. The van der Waals surface area contributed by atoms with E-state index >= 15 is 0 Å². The number of benzene rings is 2. The predicted molar refractivity (Wildman–Crippen MR) is 115 cm³/mol. The Morgan fingerprint density at radius 1 is 0.893 bits per heavy atom. The van der Waals surface area contributed by atoms with Gasteiger partial charge >= 0.3 is 0 Å². The molecule has 2 aromatic carbocycles. The van der Waals surface area contributed by atoms with Crippen LogP contribution in [0.1, 0.15) is 35.8 Å². The zero-order valence-electron chi connectivity index (χ0n) is 16.6. The van der Waals surface area contributed by atoms with Crippen molar-refractivity contribution in [2.45, 2.75) is 19.8 Å². The molecular formula is C22H25N5O. The molecule has 1 amide bonds.